The summed E-state index contributed by atoms with van der Waals surface area (Å²) >= 11 is 0. The quantitative estimate of drug-likeness (QED) is 0.644. The monoisotopic (exact) mass is 294 g/mol. The smallest absolute Gasteiger partial charge is 0.307 e. The Hall–Kier alpha value is -0.660. The van der Waals surface area contributed by atoms with E-state index in [-0.39, 0.29) is 18.7 Å². The minimum Gasteiger partial charge on any atom is -0.460 e. The number of unbranched alkanes of at least 4 members (excludes halogenated alkanes) is 1. The van der Waals surface area contributed by atoms with Crippen LogP contribution in [0.15, 0.2) is 0 Å². The molecule has 0 amide bonds. The van der Waals surface area contributed by atoms with Crippen LogP contribution < -0.4 is 10.5 Å². The van der Waals surface area contributed by atoms with Gasteiger partial charge in [-0.1, -0.05) is 13.3 Å². The molecule has 0 aromatic rings. The molecule has 0 heterocycles. The molecule has 0 spiro atoms. The molecule has 3 N–H and O–H groups in total. The van der Waals surface area contributed by atoms with E-state index in [0.717, 1.165) is 6.42 Å². The summed E-state index contributed by atoms with van der Waals surface area (Å²) < 4.78 is 30.6. The van der Waals surface area contributed by atoms with Crippen LogP contribution in [-0.4, -0.2) is 38.3 Å². The average molecular weight is 294 g/mol. The summed E-state index contributed by atoms with van der Waals surface area (Å²) in [5.74, 6) is -0.337. The number of esters is 1. The lowest BCUT2D eigenvalue weighted by atomic mass is 10.2. The van der Waals surface area contributed by atoms with Gasteiger partial charge in [0.15, 0.2) is 0 Å². The number of carbonyl (C=O) groups excluding carboxylic acids is 1. The van der Waals surface area contributed by atoms with Crippen molar-refractivity contribution in [2.24, 2.45) is 5.73 Å². The summed E-state index contributed by atoms with van der Waals surface area (Å²) in [4.78, 5) is 11.5. The maximum atomic E-state index is 11.5. The summed E-state index contributed by atoms with van der Waals surface area (Å²) in [6, 6.07) is -0.578. The van der Waals surface area contributed by atoms with E-state index in [0.29, 0.717) is 6.42 Å². The van der Waals surface area contributed by atoms with Gasteiger partial charge in [-0.25, -0.2) is 13.1 Å². The molecule has 0 aromatic carbocycles. The fourth-order valence-electron chi connectivity index (χ4n) is 1.31. The topological polar surface area (TPSA) is 98.5 Å². The second kappa shape index (κ2) is 7.81. The molecule has 0 aromatic heterocycles. The molecule has 7 heteroatoms. The van der Waals surface area contributed by atoms with E-state index >= 15 is 0 Å². The number of ether oxygens (including phenoxy) is 1. The highest BCUT2D eigenvalue weighted by molar-refractivity contribution is 7.89. The van der Waals surface area contributed by atoms with E-state index in [1.54, 1.807) is 20.8 Å². The van der Waals surface area contributed by atoms with Crippen molar-refractivity contribution in [3.8, 4) is 0 Å². The van der Waals surface area contributed by atoms with Crippen molar-refractivity contribution < 1.29 is 17.9 Å². The van der Waals surface area contributed by atoms with Crippen molar-refractivity contribution in [1.29, 1.82) is 0 Å². The summed E-state index contributed by atoms with van der Waals surface area (Å²) in [5, 5.41) is 0. The van der Waals surface area contributed by atoms with Crippen molar-refractivity contribution >= 4 is 16.0 Å². The number of nitrogens with two attached hydrogens (primary N) is 1. The van der Waals surface area contributed by atoms with Gasteiger partial charge in [0.25, 0.3) is 0 Å². The molecule has 1 atom stereocenters. The van der Waals surface area contributed by atoms with Gasteiger partial charge in [-0.2, -0.15) is 0 Å². The standard InChI is InChI=1S/C12H26N2O4S/c1-5-6-7-19(16,17)14-9-10(13)8-11(15)18-12(2,3)4/h10,14H,5-9,13H2,1-4H3/t10-/m0/s1. The van der Waals surface area contributed by atoms with E-state index in [2.05, 4.69) is 4.72 Å². The minimum absolute atomic E-state index is 0.00638. The van der Waals surface area contributed by atoms with E-state index in [1.807, 2.05) is 6.92 Å². The molecular weight excluding hydrogens is 268 g/mol. The fraction of sp³-hybridized carbons (Fsp3) is 0.917. The van der Waals surface area contributed by atoms with Crippen LogP contribution >= 0.6 is 0 Å². The van der Waals surface area contributed by atoms with Gasteiger partial charge in [0, 0.05) is 12.6 Å². The minimum atomic E-state index is -3.29. The van der Waals surface area contributed by atoms with Crippen LogP contribution in [0.3, 0.4) is 0 Å². The largest absolute Gasteiger partial charge is 0.460 e. The van der Waals surface area contributed by atoms with E-state index < -0.39 is 27.6 Å². The zero-order chi connectivity index (χ0) is 15.1. The molecule has 0 rings (SSSR count). The fourth-order valence-corrected chi connectivity index (χ4v) is 2.59. The highest BCUT2D eigenvalue weighted by atomic mass is 32.2. The summed E-state index contributed by atoms with van der Waals surface area (Å²) in [5.41, 5.74) is 5.14. The Morgan fingerprint density at radius 2 is 1.95 bits per heavy atom. The summed E-state index contributed by atoms with van der Waals surface area (Å²) in [7, 11) is -3.29. The van der Waals surface area contributed by atoms with E-state index in [4.69, 9.17) is 10.5 Å². The van der Waals surface area contributed by atoms with Crippen molar-refractivity contribution in [2.45, 2.75) is 58.6 Å². The molecular formula is C12H26N2O4S. The first-order valence-corrected chi connectivity index (χ1v) is 8.15. The normalized spacial score (nSPS) is 14.2. The van der Waals surface area contributed by atoms with Crippen LogP contribution in [0.2, 0.25) is 0 Å². The maximum Gasteiger partial charge on any atom is 0.307 e. The Morgan fingerprint density at radius 3 is 2.42 bits per heavy atom. The van der Waals surface area contributed by atoms with Crippen molar-refractivity contribution in [3.63, 3.8) is 0 Å². The van der Waals surface area contributed by atoms with Gasteiger partial charge < -0.3 is 10.5 Å². The van der Waals surface area contributed by atoms with Gasteiger partial charge >= 0.3 is 5.97 Å². The van der Waals surface area contributed by atoms with Crippen LogP contribution in [0, 0.1) is 0 Å². The Bertz CT molecular complexity index is 374. The zero-order valence-corrected chi connectivity index (χ0v) is 13.0. The third-order valence-electron chi connectivity index (χ3n) is 2.18. The summed E-state index contributed by atoms with van der Waals surface area (Å²) in [6.45, 7) is 7.27. The van der Waals surface area contributed by atoms with Crippen LogP contribution in [0.25, 0.3) is 0 Å². The highest BCUT2D eigenvalue weighted by Gasteiger charge is 2.19. The zero-order valence-electron chi connectivity index (χ0n) is 12.2. The lowest BCUT2D eigenvalue weighted by Crippen LogP contribution is -2.40. The highest BCUT2D eigenvalue weighted by Crippen LogP contribution is 2.08. The molecule has 114 valence electrons. The van der Waals surface area contributed by atoms with Crippen LogP contribution in [0.5, 0.6) is 0 Å². The first-order valence-electron chi connectivity index (χ1n) is 6.50. The van der Waals surface area contributed by atoms with E-state index in [9.17, 15) is 13.2 Å². The predicted octanol–water partition coefficient (Wildman–Crippen LogP) is 0.765. The second-order valence-electron chi connectivity index (χ2n) is 5.57. The average Bonchev–Trinajstić information content (AvgIpc) is 2.21. The van der Waals surface area contributed by atoms with Crippen molar-refractivity contribution in [2.75, 3.05) is 12.3 Å². The van der Waals surface area contributed by atoms with Gasteiger partial charge in [-0.3, -0.25) is 4.79 Å². The van der Waals surface area contributed by atoms with Gasteiger partial charge in [0.1, 0.15) is 5.60 Å². The molecule has 0 saturated heterocycles. The number of rotatable bonds is 8. The molecule has 0 aliphatic carbocycles. The number of hydrogen-bond donors (Lipinski definition) is 2. The molecule has 0 fully saturated rings. The molecule has 0 unspecified atom stereocenters. The Labute approximate surface area is 116 Å². The molecule has 0 aliphatic heterocycles. The predicted molar refractivity (Wildman–Crippen MR) is 75.1 cm³/mol. The lowest BCUT2D eigenvalue weighted by Gasteiger charge is -2.21. The first-order chi connectivity index (χ1) is 8.56. The van der Waals surface area contributed by atoms with E-state index in [1.165, 1.54) is 0 Å². The first kappa shape index (κ1) is 18.3. The Kier molecular flexibility index (Phi) is 7.54. The maximum absolute atomic E-state index is 11.5. The number of hydrogen-bond acceptors (Lipinski definition) is 5. The van der Waals surface area contributed by atoms with Gasteiger partial charge in [0.05, 0.1) is 12.2 Å². The van der Waals surface area contributed by atoms with Crippen molar-refractivity contribution in [3.05, 3.63) is 0 Å². The molecule has 0 aliphatic rings. The molecule has 0 saturated carbocycles. The number of nitrogens with one attached hydrogen (secondary N) is 1. The lowest BCUT2D eigenvalue weighted by molar-refractivity contribution is -0.155. The van der Waals surface area contributed by atoms with Crippen LogP contribution in [-0.2, 0) is 19.6 Å². The van der Waals surface area contributed by atoms with Crippen LogP contribution in [0.4, 0.5) is 0 Å². The number of sulfonamides is 1. The number of carbonyl (C=O) groups is 1. The third-order valence-corrected chi connectivity index (χ3v) is 3.61. The second-order valence-corrected chi connectivity index (χ2v) is 7.50. The van der Waals surface area contributed by atoms with Crippen LogP contribution in [0.1, 0.15) is 47.0 Å². The summed E-state index contributed by atoms with van der Waals surface area (Å²) in [6.07, 6.45) is 1.41. The SMILES string of the molecule is CCCCS(=O)(=O)NC[C@@H](N)CC(=O)OC(C)(C)C. The Balaban J connectivity index is 4.05. The Morgan fingerprint density at radius 1 is 1.37 bits per heavy atom. The molecule has 6 nitrogen and oxygen atoms in total. The van der Waals surface area contributed by atoms with Gasteiger partial charge in [-0.15, -0.1) is 0 Å². The van der Waals surface area contributed by atoms with Gasteiger partial charge in [0.2, 0.25) is 10.0 Å². The van der Waals surface area contributed by atoms with Gasteiger partial charge in [-0.05, 0) is 27.2 Å². The molecule has 19 heavy (non-hydrogen) atoms. The third kappa shape index (κ3) is 10.9. The molecule has 0 radical (unpaired) electrons. The molecule has 0 bridgehead atoms. The van der Waals surface area contributed by atoms with Crippen molar-refractivity contribution in [1.82, 2.24) is 4.72 Å².